The average molecular weight is 446 g/mol. The van der Waals surface area contributed by atoms with Gasteiger partial charge in [0.2, 0.25) is 4.77 Å². The second-order valence-electron chi connectivity index (χ2n) is 6.37. The van der Waals surface area contributed by atoms with E-state index in [1.807, 2.05) is 84.9 Å². The van der Waals surface area contributed by atoms with E-state index in [0.717, 1.165) is 16.9 Å². The Balaban J connectivity index is 1.86. The fourth-order valence-electron chi connectivity index (χ4n) is 2.94. The summed E-state index contributed by atoms with van der Waals surface area (Å²) in [5, 5.41) is 0.877. The molecule has 154 valence electrons. The average Bonchev–Trinajstić information content (AvgIpc) is 2.80. The number of hydrogen-bond acceptors (Lipinski definition) is 6. The number of ether oxygens (including phenoxy) is 1. The fourth-order valence-corrected chi connectivity index (χ4v) is 4.01. The van der Waals surface area contributed by atoms with Gasteiger partial charge in [-0.1, -0.05) is 60.7 Å². The van der Waals surface area contributed by atoms with Crippen molar-refractivity contribution in [1.82, 2.24) is 14.5 Å². The van der Waals surface area contributed by atoms with E-state index in [1.165, 1.54) is 11.8 Å². The number of aliphatic imine (C=N–C) groups is 1. The number of thioether (sulfide) groups is 1. The van der Waals surface area contributed by atoms with Crippen LogP contribution in [0.2, 0.25) is 0 Å². The van der Waals surface area contributed by atoms with Crippen LogP contribution < -0.4 is 10.5 Å². The maximum absolute atomic E-state index is 6.27. The van der Waals surface area contributed by atoms with E-state index in [1.54, 1.807) is 11.7 Å². The number of nitrogens with two attached hydrogens (primary N) is 1. The highest BCUT2D eigenvalue weighted by Crippen LogP contribution is 2.29. The van der Waals surface area contributed by atoms with Crippen LogP contribution in [0.3, 0.4) is 0 Å². The van der Waals surface area contributed by atoms with Gasteiger partial charge in [-0.25, -0.2) is 9.98 Å². The lowest BCUT2D eigenvalue weighted by atomic mass is 10.2. The molecule has 4 rings (SSSR count). The van der Waals surface area contributed by atoms with E-state index in [4.69, 9.17) is 27.7 Å². The molecule has 1 aromatic heterocycles. The molecule has 0 unspecified atom stereocenters. The molecule has 0 aliphatic heterocycles. The lowest BCUT2D eigenvalue weighted by Gasteiger charge is -2.16. The van der Waals surface area contributed by atoms with Crippen LogP contribution in [0, 0.1) is 4.77 Å². The Labute approximate surface area is 189 Å². The first kappa shape index (κ1) is 20.8. The summed E-state index contributed by atoms with van der Waals surface area (Å²) >= 11 is 6.88. The molecule has 2 N–H and O–H groups in total. The molecule has 0 radical (unpaired) electrons. The fraction of sp³-hybridized carbons (Fsp3) is 0.0435. The summed E-state index contributed by atoms with van der Waals surface area (Å²) < 4.78 is 7.62. The van der Waals surface area contributed by atoms with E-state index >= 15 is 0 Å². The van der Waals surface area contributed by atoms with Crippen molar-refractivity contribution in [3.63, 3.8) is 0 Å². The van der Waals surface area contributed by atoms with Crippen molar-refractivity contribution in [3.8, 4) is 22.8 Å². The highest BCUT2D eigenvalue weighted by atomic mass is 32.2. The predicted molar refractivity (Wildman–Crippen MR) is 128 cm³/mol. The number of amidine groups is 1. The van der Waals surface area contributed by atoms with Crippen LogP contribution >= 0.6 is 24.0 Å². The number of para-hydroxylation sites is 3. The van der Waals surface area contributed by atoms with E-state index in [-0.39, 0.29) is 0 Å². The zero-order valence-electron chi connectivity index (χ0n) is 16.7. The van der Waals surface area contributed by atoms with Crippen LogP contribution in [-0.2, 0) is 0 Å². The first-order valence-electron chi connectivity index (χ1n) is 9.42. The van der Waals surface area contributed by atoms with Gasteiger partial charge in [0.1, 0.15) is 5.75 Å². The minimum absolute atomic E-state index is 0.335. The SMILES string of the molecule is COc1ccccc1-n1c(SC(N)=Nc2ccccc2)nc(-c2ccccc2)nc1=S. The van der Waals surface area contributed by atoms with Crippen LogP contribution in [0.4, 0.5) is 5.69 Å². The molecule has 0 saturated carbocycles. The number of rotatable bonds is 5. The molecule has 3 aromatic carbocycles. The second kappa shape index (κ2) is 9.55. The molecule has 0 aliphatic carbocycles. The summed E-state index contributed by atoms with van der Waals surface area (Å²) in [7, 11) is 1.61. The molecule has 0 aliphatic rings. The van der Waals surface area contributed by atoms with Crippen molar-refractivity contribution in [2.24, 2.45) is 10.7 Å². The molecule has 31 heavy (non-hydrogen) atoms. The lowest BCUT2D eigenvalue weighted by molar-refractivity contribution is 0.411. The second-order valence-corrected chi connectivity index (χ2v) is 7.73. The molecule has 0 spiro atoms. The molecule has 0 saturated heterocycles. The highest BCUT2D eigenvalue weighted by molar-refractivity contribution is 8.13. The van der Waals surface area contributed by atoms with Gasteiger partial charge in [-0.3, -0.25) is 4.57 Å². The number of nitrogens with zero attached hydrogens (tertiary/aromatic N) is 4. The van der Waals surface area contributed by atoms with Crippen molar-refractivity contribution in [3.05, 3.63) is 89.7 Å². The van der Waals surface area contributed by atoms with Crippen LogP contribution in [-0.4, -0.2) is 26.8 Å². The van der Waals surface area contributed by atoms with Gasteiger partial charge in [-0.15, -0.1) is 0 Å². The normalized spacial score (nSPS) is 11.3. The maximum Gasteiger partial charge on any atom is 0.208 e. The first-order chi connectivity index (χ1) is 15.2. The Hall–Kier alpha value is -3.49. The zero-order valence-corrected chi connectivity index (χ0v) is 18.3. The van der Waals surface area contributed by atoms with E-state index in [0.29, 0.717) is 26.7 Å². The van der Waals surface area contributed by atoms with Gasteiger partial charge in [-0.2, -0.15) is 4.98 Å². The van der Waals surface area contributed by atoms with Crippen LogP contribution in [0.25, 0.3) is 17.1 Å². The van der Waals surface area contributed by atoms with Crippen LogP contribution in [0.5, 0.6) is 5.75 Å². The van der Waals surface area contributed by atoms with Crippen molar-refractivity contribution in [2.75, 3.05) is 7.11 Å². The third-order valence-corrected chi connectivity index (χ3v) is 5.37. The number of benzene rings is 3. The van der Waals surface area contributed by atoms with Crippen molar-refractivity contribution >= 4 is 34.8 Å². The highest BCUT2D eigenvalue weighted by Gasteiger charge is 2.16. The quantitative estimate of drug-likeness (QED) is 0.191. The smallest absolute Gasteiger partial charge is 0.208 e. The van der Waals surface area contributed by atoms with E-state index < -0.39 is 0 Å². The lowest BCUT2D eigenvalue weighted by Crippen LogP contribution is -2.13. The van der Waals surface area contributed by atoms with Crippen molar-refractivity contribution in [1.29, 1.82) is 0 Å². The molecule has 0 fully saturated rings. The van der Waals surface area contributed by atoms with Crippen molar-refractivity contribution in [2.45, 2.75) is 5.16 Å². The minimum atomic E-state index is 0.335. The van der Waals surface area contributed by atoms with Gasteiger partial charge in [-0.05, 0) is 48.2 Å². The Bertz CT molecular complexity index is 1270. The third kappa shape index (κ3) is 4.82. The van der Waals surface area contributed by atoms with Gasteiger partial charge in [0, 0.05) is 5.56 Å². The third-order valence-electron chi connectivity index (χ3n) is 4.34. The first-order valence-corrected chi connectivity index (χ1v) is 10.6. The minimum Gasteiger partial charge on any atom is -0.495 e. The molecular formula is C23H19N5OS2. The predicted octanol–water partition coefficient (Wildman–Crippen LogP) is 5.41. The molecule has 0 bridgehead atoms. The Morgan fingerprint density at radius 3 is 2.29 bits per heavy atom. The number of methoxy groups -OCH3 is 1. The Morgan fingerprint density at radius 2 is 1.58 bits per heavy atom. The summed E-state index contributed by atoms with van der Waals surface area (Å²) in [5.74, 6) is 1.17. The van der Waals surface area contributed by atoms with Gasteiger partial charge in [0.15, 0.2) is 16.1 Å². The molecular weight excluding hydrogens is 426 g/mol. The Kier molecular flexibility index (Phi) is 6.40. The number of hydrogen-bond donors (Lipinski definition) is 1. The summed E-state index contributed by atoms with van der Waals surface area (Å²) in [6, 6.07) is 26.7. The summed E-state index contributed by atoms with van der Waals surface area (Å²) in [6.07, 6.45) is 0. The Morgan fingerprint density at radius 1 is 0.935 bits per heavy atom. The monoisotopic (exact) mass is 445 g/mol. The molecule has 4 aromatic rings. The van der Waals surface area contributed by atoms with Gasteiger partial charge in [0.25, 0.3) is 0 Å². The van der Waals surface area contributed by atoms with Gasteiger partial charge < -0.3 is 10.5 Å². The molecule has 6 nitrogen and oxygen atoms in total. The van der Waals surface area contributed by atoms with Crippen LogP contribution in [0.15, 0.2) is 95.1 Å². The maximum atomic E-state index is 6.27. The number of aromatic nitrogens is 3. The van der Waals surface area contributed by atoms with E-state index in [9.17, 15) is 0 Å². The summed E-state index contributed by atoms with van der Waals surface area (Å²) in [5.41, 5.74) is 8.61. The molecule has 1 heterocycles. The van der Waals surface area contributed by atoms with Crippen molar-refractivity contribution < 1.29 is 4.74 Å². The molecule has 0 amide bonds. The zero-order chi connectivity index (χ0) is 21.6. The molecule has 0 atom stereocenters. The van der Waals surface area contributed by atoms with Gasteiger partial charge >= 0.3 is 0 Å². The standard InChI is InChI=1S/C23H19N5OS2/c1-29-19-15-9-8-14-18(19)28-22(30)26-20(16-10-4-2-5-11-16)27-23(28)31-21(24)25-17-12-6-3-7-13-17/h2-15H,1H3,(H2,24,25). The largest absolute Gasteiger partial charge is 0.495 e. The topological polar surface area (TPSA) is 78.3 Å². The van der Waals surface area contributed by atoms with Crippen LogP contribution in [0.1, 0.15) is 0 Å². The van der Waals surface area contributed by atoms with E-state index in [2.05, 4.69) is 9.98 Å². The van der Waals surface area contributed by atoms with Gasteiger partial charge in [0.05, 0.1) is 18.5 Å². The summed E-state index contributed by atoms with van der Waals surface area (Å²) in [6.45, 7) is 0. The summed E-state index contributed by atoms with van der Waals surface area (Å²) in [4.78, 5) is 13.8. The molecule has 8 heteroatoms.